The monoisotopic (exact) mass is 437 g/mol. The first-order chi connectivity index (χ1) is 15.1. The number of nitrogens with zero attached hydrogens (tertiary/aromatic N) is 4. The minimum Gasteiger partial charge on any atom is -0.392 e. The summed E-state index contributed by atoms with van der Waals surface area (Å²) in [5.74, 6) is 0.00204. The van der Waals surface area contributed by atoms with Gasteiger partial charge in [0.2, 0.25) is 0 Å². The van der Waals surface area contributed by atoms with Gasteiger partial charge in [0.05, 0.1) is 19.0 Å². The molecule has 1 amide bonds. The van der Waals surface area contributed by atoms with Gasteiger partial charge in [-0.3, -0.25) is 9.69 Å². The molecule has 2 aliphatic rings. The maximum Gasteiger partial charge on any atom is 0.272 e. The number of aromatic nitrogens is 3. The van der Waals surface area contributed by atoms with Gasteiger partial charge in [0, 0.05) is 43.3 Å². The molecule has 0 bridgehead atoms. The number of amides is 1. The minimum absolute atomic E-state index is 0.00204. The number of imidazole rings is 1. The molecule has 8 heteroatoms. The van der Waals surface area contributed by atoms with Gasteiger partial charge in [-0.1, -0.05) is 30.3 Å². The van der Waals surface area contributed by atoms with Crippen molar-refractivity contribution >= 4 is 17.2 Å². The molecule has 1 aromatic carbocycles. The molecule has 7 nitrogen and oxygen atoms in total. The van der Waals surface area contributed by atoms with Crippen molar-refractivity contribution in [1.82, 2.24) is 24.8 Å². The fourth-order valence-electron chi connectivity index (χ4n) is 5.09. The summed E-state index contributed by atoms with van der Waals surface area (Å²) >= 11 is 1.66. The third-order valence-electron chi connectivity index (χ3n) is 6.55. The van der Waals surface area contributed by atoms with Crippen molar-refractivity contribution in [3.8, 4) is 11.3 Å². The van der Waals surface area contributed by atoms with Crippen molar-refractivity contribution in [3.05, 3.63) is 58.9 Å². The van der Waals surface area contributed by atoms with Crippen LogP contribution in [0.1, 0.15) is 34.8 Å². The maximum absolute atomic E-state index is 13.3. The molecule has 2 saturated heterocycles. The molecule has 3 aromatic rings. The number of aliphatic hydroxyl groups is 1. The maximum atomic E-state index is 13.3. The lowest BCUT2D eigenvalue weighted by molar-refractivity contribution is -0.0404. The van der Waals surface area contributed by atoms with Crippen LogP contribution in [0.2, 0.25) is 0 Å². The summed E-state index contributed by atoms with van der Waals surface area (Å²) in [4.78, 5) is 29.4. The summed E-state index contributed by atoms with van der Waals surface area (Å²) in [5, 5.41) is 13.6. The lowest BCUT2D eigenvalue weighted by Crippen LogP contribution is -2.54. The molecule has 2 aromatic heterocycles. The Kier molecular flexibility index (Phi) is 5.60. The topological polar surface area (TPSA) is 85.3 Å². The van der Waals surface area contributed by atoms with Gasteiger partial charge in [0.25, 0.3) is 5.91 Å². The molecule has 162 valence electrons. The third kappa shape index (κ3) is 4.28. The Balaban J connectivity index is 1.26. The van der Waals surface area contributed by atoms with Crippen molar-refractivity contribution in [2.24, 2.45) is 5.41 Å². The van der Waals surface area contributed by atoms with Crippen molar-refractivity contribution in [1.29, 1.82) is 0 Å². The molecule has 2 fully saturated rings. The number of carbonyl (C=O) groups excluding carboxylic acids is 1. The fourth-order valence-corrected chi connectivity index (χ4v) is 5.74. The molecule has 1 unspecified atom stereocenters. The van der Waals surface area contributed by atoms with Crippen LogP contribution in [0.5, 0.6) is 0 Å². The Bertz CT molecular complexity index is 1010. The molecular formula is C23H27N5O2S. The Morgan fingerprint density at radius 1 is 1.23 bits per heavy atom. The minimum atomic E-state index is -0.326. The average molecular weight is 438 g/mol. The summed E-state index contributed by atoms with van der Waals surface area (Å²) in [6.45, 7) is 3.82. The van der Waals surface area contributed by atoms with Gasteiger partial charge in [-0.2, -0.15) is 0 Å². The van der Waals surface area contributed by atoms with Gasteiger partial charge in [-0.25, -0.2) is 9.97 Å². The van der Waals surface area contributed by atoms with Gasteiger partial charge in [0.1, 0.15) is 16.4 Å². The van der Waals surface area contributed by atoms with Crippen molar-refractivity contribution in [2.75, 3.05) is 26.2 Å². The van der Waals surface area contributed by atoms with E-state index in [1.165, 1.54) is 0 Å². The number of piperidine rings is 2. The van der Waals surface area contributed by atoms with Gasteiger partial charge >= 0.3 is 0 Å². The number of aromatic amines is 1. The lowest BCUT2D eigenvalue weighted by atomic mass is 9.71. The van der Waals surface area contributed by atoms with Crippen LogP contribution in [0.4, 0.5) is 0 Å². The van der Waals surface area contributed by atoms with E-state index in [1.807, 2.05) is 46.8 Å². The zero-order valence-electron chi connectivity index (χ0n) is 17.4. The molecule has 2 aliphatic heterocycles. The molecular weight excluding hydrogens is 410 g/mol. The number of β-amino-alcohol motifs (C(OH)–C–C–N with tert-alkyl or cyclic N) is 1. The number of rotatable bonds is 4. The number of likely N-dealkylation sites (tertiary alicyclic amines) is 2. The Morgan fingerprint density at radius 3 is 2.77 bits per heavy atom. The van der Waals surface area contributed by atoms with E-state index >= 15 is 0 Å². The van der Waals surface area contributed by atoms with E-state index in [4.69, 9.17) is 0 Å². The molecule has 0 aliphatic carbocycles. The molecule has 0 saturated carbocycles. The van der Waals surface area contributed by atoms with E-state index in [9.17, 15) is 9.90 Å². The van der Waals surface area contributed by atoms with Gasteiger partial charge in [0.15, 0.2) is 0 Å². The van der Waals surface area contributed by atoms with Crippen LogP contribution in [0, 0.1) is 5.41 Å². The van der Waals surface area contributed by atoms with Crippen molar-refractivity contribution < 1.29 is 9.90 Å². The molecule has 0 radical (unpaired) electrons. The summed E-state index contributed by atoms with van der Waals surface area (Å²) in [5.41, 5.74) is 2.25. The molecule has 1 atom stereocenters. The first-order valence-corrected chi connectivity index (χ1v) is 11.7. The predicted molar refractivity (Wildman–Crippen MR) is 120 cm³/mol. The SMILES string of the molecule is O=C(c1[nH]cnc1-c1ccccc1)N1CCC2(CC1)CC(O)CN(Cc1nccs1)C2. The average Bonchev–Trinajstić information content (AvgIpc) is 3.46. The van der Waals surface area contributed by atoms with E-state index in [0.29, 0.717) is 31.0 Å². The van der Waals surface area contributed by atoms with Crippen LogP contribution in [0.15, 0.2) is 48.2 Å². The van der Waals surface area contributed by atoms with E-state index in [0.717, 1.165) is 42.9 Å². The fraction of sp³-hybridized carbons (Fsp3) is 0.435. The van der Waals surface area contributed by atoms with Crippen LogP contribution < -0.4 is 0 Å². The number of thiazole rings is 1. The molecule has 5 rings (SSSR count). The van der Waals surface area contributed by atoms with Crippen molar-refractivity contribution in [2.45, 2.75) is 31.9 Å². The van der Waals surface area contributed by atoms with Gasteiger partial charge in [-0.05, 0) is 24.7 Å². The largest absolute Gasteiger partial charge is 0.392 e. The Morgan fingerprint density at radius 2 is 2.03 bits per heavy atom. The predicted octanol–water partition coefficient (Wildman–Crippen LogP) is 3.02. The zero-order chi connectivity index (χ0) is 21.3. The highest BCUT2D eigenvalue weighted by molar-refractivity contribution is 7.09. The number of hydrogen-bond donors (Lipinski definition) is 2. The van der Waals surface area contributed by atoms with E-state index in [-0.39, 0.29) is 17.4 Å². The summed E-state index contributed by atoms with van der Waals surface area (Å²) < 4.78 is 0. The highest BCUT2D eigenvalue weighted by Gasteiger charge is 2.42. The number of aliphatic hydroxyl groups excluding tert-OH is 1. The van der Waals surface area contributed by atoms with Crippen LogP contribution in [-0.2, 0) is 6.54 Å². The third-order valence-corrected chi connectivity index (χ3v) is 7.32. The van der Waals surface area contributed by atoms with Gasteiger partial charge in [-0.15, -0.1) is 11.3 Å². The summed E-state index contributed by atoms with van der Waals surface area (Å²) in [6.07, 6.45) is 5.71. The number of hydrogen-bond acceptors (Lipinski definition) is 6. The number of benzene rings is 1. The summed E-state index contributed by atoms with van der Waals surface area (Å²) in [6, 6.07) is 9.80. The van der Waals surface area contributed by atoms with E-state index in [2.05, 4.69) is 19.9 Å². The number of H-pyrrole nitrogens is 1. The normalized spacial score (nSPS) is 21.5. The van der Waals surface area contributed by atoms with Crippen molar-refractivity contribution in [3.63, 3.8) is 0 Å². The molecule has 4 heterocycles. The molecule has 31 heavy (non-hydrogen) atoms. The number of carbonyl (C=O) groups is 1. The quantitative estimate of drug-likeness (QED) is 0.655. The van der Waals surface area contributed by atoms with Crippen LogP contribution in [-0.4, -0.2) is 68.0 Å². The Labute approximate surface area is 185 Å². The highest BCUT2D eigenvalue weighted by Crippen LogP contribution is 2.41. The first kappa shape index (κ1) is 20.4. The zero-order valence-corrected chi connectivity index (χ0v) is 18.2. The van der Waals surface area contributed by atoms with Crippen LogP contribution in [0.3, 0.4) is 0 Å². The van der Waals surface area contributed by atoms with E-state index < -0.39 is 0 Å². The van der Waals surface area contributed by atoms with Gasteiger partial charge < -0.3 is 15.0 Å². The lowest BCUT2D eigenvalue weighted by Gasteiger charge is -2.49. The second-order valence-corrected chi connectivity index (χ2v) is 9.72. The van der Waals surface area contributed by atoms with Crippen LogP contribution in [0.25, 0.3) is 11.3 Å². The summed E-state index contributed by atoms with van der Waals surface area (Å²) in [7, 11) is 0. The molecule has 2 N–H and O–H groups in total. The van der Waals surface area contributed by atoms with Crippen LogP contribution >= 0.6 is 11.3 Å². The standard InChI is InChI=1S/C23H27N5O2S/c29-18-12-23(15-27(13-18)14-19-24-8-11-31-19)6-9-28(10-7-23)22(30)21-20(25-16-26-21)17-4-2-1-3-5-17/h1-5,8,11,16,18,29H,6-7,9-10,12-15H2,(H,25,26). The smallest absolute Gasteiger partial charge is 0.272 e. The number of nitrogens with one attached hydrogen (secondary N) is 1. The van der Waals surface area contributed by atoms with E-state index in [1.54, 1.807) is 17.7 Å². The first-order valence-electron chi connectivity index (χ1n) is 10.8. The highest BCUT2D eigenvalue weighted by atomic mass is 32.1. The Hall–Kier alpha value is -2.55. The second-order valence-electron chi connectivity index (χ2n) is 8.74. The molecule has 1 spiro atoms. The second kappa shape index (κ2) is 8.53.